The predicted octanol–water partition coefficient (Wildman–Crippen LogP) is -0.226. The molecule has 0 bridgehead atoms. The smallest absolute Gasteiger partial charge is 0.0254 e. The first kappa shape index (κ1) is 13.3. The van der Waals surface area contributed by atoms with Gasteiger partial charge in [-0.1, -0.05) is 6.92 Å². The normalized spacial score (nSPS) is 32.5. The van der Waals surface area contributed by atoms with E-state index in [1.54, 1.807) is 0 Å². The average Bonchev–Trinajstić information content (AvgIpc) is 2.69. The molecule has 2 atom stereocenters. The van der Waals surface area contributed by atoms with Gasteiger partial charge in [0.15, 0.2) is 0 Å². The van der Waals surface area contributed by atoms with Gasteiger partial charge in [-0.3, -0.25) is 4.90 Å². The fraction of sp³-hybridized carbons (Fsp3) is 1.00. The van der Waals surface area contributed by atoms with Crippen LogP contribution in [0.5, 0.6) is 0 Å². The Labute approximate surface area is 106 Å². The van der Waals surface area contributed by atoms with Gasteiger partial charge in [0.1, 0.15) is 0 Å². The van der Waals surface area contributed by atoms with Gasteiger partial charge >= 0.3 is 0 Å². The highest BCUT2D eigenvalue weighted by Gasteiger charge is 2.30. The molecule has 2 aliphatic rings. The van der Waals surface area contributed by atoms with Crippen LogP contribution in [0.4, 0.5) is 0 Å². The van der Waals surface area contributed by atoms with Crippen molar-refractivity contribution in [3.05, 3.63) is 0 Å². The Morgan fingerprint density at radius 2 is 1.71 bits per heavy atom. The molecule has 0 aliphatic carbocycles. The molecule has 2 heterocycles. The van der Waals surface area contributed by atoms with Crippen LogP contribution < -0.4 is 5.32 Å². The van der Waals surface area contributed by atoms with Crippen molar-refractivity contribution in [3.8, 4) is 0 Å². The second kappa shape index (κ2) is 6.14. The third-order valence-electron chi connectivity index (χ3n) is 4.25. The lowest BCUT2D eigenvalue weighted by Crippen LogP contribution is -2.46. The van der Waals surface area contributed by atoms with Crippen LogP contribution in [0.2, 0.25) is 0 Å². The molecule has 0 spiro atoms. The summed E-state index contributed by atoms with van der Waals surface area (Å²) in [6.07, 6.45) is 0. The predicted molar refractivity (Wildman–Crippen MR) is 72.4 cm³/mol. The second-order valence-corrected chi connectivity index (χ2v) is 5.86. The van der Waals surface area contributed by atoms with Crippen LogP contribution in [0.1, 0.15) is 6.92 Å². The molecule has 0 amide bonds. The number of hydrogen-bond donors (Lipinski definition) is 1. The Balaban J connectivity index is 1.70. The minimum Gasteiger partial charge on any atom is -0.314 e. The van der Waals surface area contributed by atoms with Crippen LogP contribution in [-0.2, 0) is 0 Å². The number of rotatable bonds is 4. The topological polar surface area (TPSA) is 21.8 Å². The molecule has 4 nitrogen and oxygen atoms in total. The maximum Gasteiger partial charge on any atom is 0.0254 e. The van der Waals surface area contributed by atoms with Gasteiger partial charge < -0.3 is 15.1 Å². The van der Waals surface area contributed by atoms with E-state index in [2.05, 4.69) is 41.0 Å². The molecule has 17 heavy (non-hydrogen) atoms. The number of likely N-dealkylation sites (N-methyl/N-ethyl adjacent to an activating group) is 1. The van der Waals surface area contributed by atoms with E-state index in [0.29, 0.717) is 0 Å². The van der Waals surface area contributed by atoms with Gasteiger partial charge in [-0.25, -0.2) is 0 Å². The van der Waals surface area contributed by atoms with Crippen LogP contribution in [0.15, 0.2) is 0 Å². The monoisotopic (exact) mass is 240 g/mol. The molecule has 0 aromatic carbocycles. The number of nitrogens with zero attached hydrogens (tertiary/aromatic N) is 3. The molecule has 0 aromatic heterocycles. The van der Waals surface area contributed by atoms with Gasteiger partial charge in [-0.15, -0.1) is 0 Å². The van der Waals surface area contributed by atoms with Crippen molar-refractivity contribution >= 4 is 0 Å². The van der Waals surface area contributed by atoms with Crippen LogP contribution in [0.3, 0.4) is 0 Å². The lowest BCUT2D eigenvalue weighted by molar-refractivity contribution is 0.197. The van der Waals surface area contributed by atoms with Gasteiger partial charge in [0.25, 0.3) is 0 Å². The van der Waals surface area contributed by atoms with Crippen LogP contribution in [0.25, 0.3) is 0 Å². The summed E-state index contributed by atoms with van der Waals surface area (Å²) in [5.41, 5.74) is 0. The van der Waals surface area contributed by atoms with E-state index in [1.807, 2.05) is 0 Å². The molecule has 100 valence electrons. The van der Waals surface area contributed by atoms with E-state index >= 15 is 0 Å². The van der Waals surface area contributed by atoms with Crippen molar-refractivity contribution in [3.63, 3.8) is 0 Å². The Hall–Kier alpha value is -0.160. The second-order valence-electron chi connectivity index (χ2n) is 5.86. The third-order valence-corrected chi connectivity index (χ3v) is 4.25. The van der Waals surface area contributed by atoms with Crippen molar-refractivity contribution in [1.82, 2.24) is 20.0 Å². The largest absolute Gasteiger partial charge is 0.314 e. The highest BCUT2D eigenvalue weighted by atomic mass is 15.3. The van der Waals surface area contributed by atoms with Gasteiger partial charge in [0.2, 0.25) is 0 Å². The first-order chi connectivity index (χ1) is 8.16. The van der Waals surface area contributed by atoms with Crippen LogP contribution in [-0.4, -0.2) is 87.2 Å². The van der Waals surface area contributed by atoms with E-state index in [1.165, 1.54) is 39.3 Å². The van der Waals surface area contributed by atoms with E-state index in [-0.39, 0.29) is 0 Å². The van der Waals surface area contributed by atoms with Gasteiger partial charge in [-0.05, 0) is 20.0 Å². The van der Waals surface area contributed by atoms with Gasteiger partial charge in [0.05, 0.1) is 0 Å². The van der Waals surface area contributed by atoms with Crippen molar-refractivity contribution in [1.29, 1.82) is 0 Å². The molecule has 0 radical (unpaired) electrons. The molecular weight excluding hydrogens is 212 g/mol. The fourth-order valence-electron chi connectivity index (χ4n) is 3.12. The maximum absolute atomic E-state index is 3.41. The summed E-state index contributed by atoms with van der Waals surface area (Å²) in [6, 6.07) is 0.748. The van der Waals surface area contributed by atoms with E-state index in [9.17, 15) is 0 Å². The third kappa shape index (κ3) is 3.65. The minimum atomic E-state index is 0.748. The molecule has 2 rings (SSSR count). The lowest BCUT2D eigenvalue weighted by atomic mass is 10.1. The maximum atomic E-state index is 3.41. The molecule has 0 aromatic rings. The van der Waals surface area contributed by atoms with Gasteiger partial charge in [0, 0.05) is 58.4 Å². The summed E-state index contributed by atoms with van der Waals surface area (Å²) in [5, 5.41) is 3.41. The zero-order valence-electron chi connectivity index (χ0n) is 11.7. The van der Waals surface area contributed by atoms with Gasteiger partial charge in [-0.2, -0.15) is 0 Å². The quantitative estimate of drug-likeness (QED) is 0.733. The van der Waals surface area contributed by atoms with Crippen molar-refractivity contribution in [2.24, 2.45) is 5.92 Å². The number of nitrogens with one attached hydrogen (secondary N) is 1. The van der Waals surface area contributed by atoms with E-state index in [4.69, 9.17) is 0 Å². The highest BCUT2D eigenvalue weighted by molar-refractivity contribution is 4.87. The van der Waals surface area contributed by atoms with Crippen molar-refractivity contribution < 1.29 is 0 Å². The Morgan fingerprint density at radius 1 is 1.06 bits per heavy atom. The fourth-order valence-corrected chi connectivity index (χ4v) is 3.12. The van der Waals surface area contributed by atoms with Crippen molar-refractivity contribution in [2.45, 2.75) is 13.0 Å². The molecule has 4 heteroatoms. The standard InChI is InChI=1S/C13H28N4/c1-12-10-17(11-13(12)15(2)3)9-8-16-6-4-14-5-7-16/h12-14H,4-11H2,1-3H3. The summed E-state index contributed by atoms with van der Waals surface area (Å²) in [4.78, 5) is 7.61. The average molecular weight is 240 g/mol. The summed E-state index contributed by atoms with van der Waals surface area (Å²) in [6.45, 7) is 12.2. The molecule has 2 aliphatic heterocycles. The molecule has 1 N–H and O–H groups in total. The zero-order valence-corrected chi connectivity index (χ0v) is 11.7. The number of likely N-dealkylation sites (tertiary alicyclic amines) is 1. The van der Waals surface area contributed by atoms with E-state index < -0.39 is 0 Å². The van der Waals surface area contributed by atoms with Crippen molar-refractivity contribution in [2.75, 3.05) is 66.5 Å². The van der Waals surface area contributed by atoms with Crippen LogP contribution in [0, 0.1) is 5.92 Å². The summed E-state index contributed by atoms with van der Waals surface area (Å²) >= 11 is 0. The molecule has 2 saturated heterocycles. The summed E-state index contributed by atoms with van der Waals surface area (Å²) in [7, 11) is 4.42. The first-order valence-corrected chi connectivity index (χ1v) is 6.98. The minimum absolute atomic E-state index is 0.748. The molecule has 2 unspecified atom stereocenters. The van der Waals surface area contributed by atoms with Crippen LogP contribution >= 0.6 is 0 Å². The number of hydrogen-bond acceptors (Lipinski definition) is 4. The zero-order chi connectivity index (χ0) is 12.3. The highest BCUT2D eigenvalue weighted by Crippen LogP contribution is 2.19. The van der Waals surface area contributed by atoms with E-state index in [0.717, 1.165) is 25.0 Å². The summed E-state index contributed by atoms with van der Waals surface area (Å²) in [5.74, 6) is 0.813. The Morgan fingerprint density at radius 3 is 2.29 bits per heavy atom. The Kier molecular flexibility index (Phi) is 4.79. The number of piperazine rings is 1. The molecule has 2 fully saturated rings. The molecule has 0 saturated carbocycles. The SMILES string of the molecule is CC1CN(CCN2CCNCC2)CC1N(C)C. The first-order valence-electron chi connectivity index (χ1n) is 6.98. The Bertz CT molecular complexity index is 225. The summed E-state index contributed by atoms with van der Waals surface area (Å²) < 4.78 is 0. The molecular formula is C13H28N4. The lowest BCUT2D eigenvalue weighted by Gasteiger charge is -2.29.